The van der Waals surface area contributed by atoms with E-state index in [9.17, 15) is 17.3 Å². The Morgan fingerprint density at radius 1 is 0.839 bits per heavy atom. The van der Waals surface area contributed by atoms with E-state index in [-0.39, 0.29) is 0 Å². The van der Waals surface area contributed by atoms with E-state index < -0.39 is 7.25 Å². The Balaban J connectivity index is 0.000000491. The lowest BCUT2D eigenvalue weighted by molar-refractivity contribution is -0.400. The molecule has 0 radical (unpaired) electrons. The molecule has 4 rings (SSSR count). The van der Waals surface area contributed by atoms with Gasteiger partial charge < -0.3 is 26.4 Å². The number of para-hydroxylation sites is 1. The third-order valence-electron chi connectivity index (χ3n) is 4.38. The standard InChI is InChI=1S/C23H19NO2.BF4/c1-16-7-11-18(12-8-16)24-21-15-23(17-9-13-19(25-2)14-10-17)26-22-6-4-3-5-20(21)22;2-1(3,4)5/h3-15H,1-2H3;/q;-1/p+1. The van der Waals surface area contributed by atoms with Crippen LogP contribution in [0.25, 0.3) is 22.3 Å². The highest BCUT2D eigenvalue weighted by atomic mass is 19.5. The Kier molecular flexibility index (Phi) is 6.79. The number of aryl methyl sites for hydroxylation is 1. The van der Waals surface area contributed by atoms with Gasteiger partial charge in [0.25, 0.3) is 0 Å². The smallest absolute Gasteiger partial charge is 0.497 e. The van der Waals surface area contributed by atoms with Crippen molar-refractivity contribution < 1.29 is 31.4 Å². The van der Waals surface area contributed by atoms with Crippen LogP contribution in [0, 0.1) is 6.92 Å². The first-order chi connectivity index (χ1) is 14.7. The number of hydrogen-bond acceptors (Lipinski definition) is 2. The molecule has 8 heteroatoms. The van der Waals surface area contributed by atoms with Crippen LogP contribution in [0.3, 0.4) is 0 Å². The van der Waals surface area contributed by atoms with Gasteiger partial charge in [-0.25, -0.2) is 4.99 Å². The summed E-state index contributed by atoms with van der Waals surface area (Å²) in [4.78, 5) is 3.52. The topological polar surface area (TPSA) is 36.3 Å². The minimum Gasteiger partial charge on any atom is -0.497 e. The lowest BCUT2D eigenvalue weighted by atomic mass is 10.1. The molecule has 0 spiro atoms. The second-order valence-corrected chi connectivity index (χ2v) is 6.73. The van der Waals surface area contributed by atoms with Crippen LogP contribution < -0.4 is 15.1 Å². The summed E-state index contributed by atoms with van der Waals surface area (Å²) in [5.41, 5.74) is 4.13. The largest absolute Gasteiger partial charge is 0.673 e. The molecule has 0 fully saturated rings. The van der Waals surface area contributed by atoms with E-state index in [4.69, 9.17) is 9.15 Å². The van der Waals surface area contributed by atoms with Gasteiger partial charge in [-0.2, -0.15) is 0 Å². The Morgan fingerprint density at radius 2 is 1.45 bits per heavy atom. The Bertz CT molecular complexity index is 1210. The Morgan fingerprint density at radius 3 is 2.06 bits per heavy atom. The van der Waals surface area contributed by atoms with Gasteiger partial charge in [0.2, 0.25) is 11.0 Å². The molecule has 0 aliphatic carbocycles. The molecule has 0 saturated carbocycles. The monoisotopic (exact) mass is 429 g/mol. The van der Waals surface area contributed by atoms with E-state index in [0.29, 0.717) is 0 Å². The third-order valence-corrected chi connectivity index (χ3v) is 4.38. The highest BCUT2D eigenvalue weighted by Crippen LogP contribution is 2.24. The SMILES string of the molecule is COc1ccc(-c2cc(=[NH+]c3ccc(C)cc3)c3ccccc3o2)cc1.F[B-](F)(F)F. The van der Waals surface area contributed by atoms with Gasteiger partial charge in [0.15, 0.2) is 0 Å². The summed E-state index contributed by atoms with van der Waals surface area (Å²) < 4.78 is 50.4. The molecule has 1 heterocycles. The maximum absolute atomic E-state index is 9.75. The molecule has 4 aromatic rings. The molecule has 3 nitrogen and oxygen atoms in total. The zero-order valence-electron chi connectivity index (χ0n) is 16.9. The molecule has 31 heavy (non-hydrogen) atoms. The first kappa shape index (κ1) is 22.1. The summed E-state index contributed by atoms with van der Waals surface area (Å²) in [7, 11) is -4.33. The number of methoxy groups -OCH3 is 1. The predicted octanol–water partition coefficient (Wildman–Crippen LogP) is 5.03. The molecule has 1 N–H and O–H groups in total. The third kappa shape index (κ3) is 6.47. The number of nitrogens with one attached hydrogen (secondary N) is 1. The first-order valence-corrected chi connectivity index (χ1v) is 9.44. The van der Waals surface area contributed by atoms with Crippen molar-refractivity contribution in [1.29, 1.82) is 0 Å². The molecule has 0 amide bonds. The zero-order chi connectivity index (χ0) is 22.4. The van der Waals surface area contributed by atoms with Crippen LogP contribution in [0.4, 0.5) is 23.0 Å². The van der Waals surface area contributed by atoms with Crippen LogP contribution in [0.15, 0.2) is 83.3 Å². The van der Waals surface area contributed by atoms with Crippen LogP contribution in [-0.4, -0.2) is 14.4 Å². The fraction of sp³-hybridized carbons (Fsp3) is 0.0870. The summed E-state index contributed by atoms with van der Waals surface area (Å²) in [6.07, 6.45) is 0. The van der Waals surface area contributed by atoms with Gasteiger partial charge >= 0.3 is 7.25 Å². The Hall–Kier alpha value is -3.55. The van der Waals surface area contributed by atoms with Crippen LogP contribution in [0.5, 0.6) is 5.75 Å². The highest BCUT2D eigenvalue weighted by Gasteiger charge is 2.20. The van der Waals surface area contributed by atoms with Crippen molar-refractivity contribution >= 4 is 23.9 Å². The van der Waals surface area contributed by atoms with Crippen LogP contribution >= 0.6 is 0 Å². The van der Waals surface area contributed by atoms with Gasteiger partial charge in [-0.05, 0) is 43.3 Å². The molecular formula is C23H20BF4NO2. The van der Waals surface area contributed by atoms with Crippen molar-refractivity contribution in [2.24, 2.45) is 0 Å². The predicted molar refractivity (Wildman–Crippen MR) is 113 cm³/mol. The van der Waals surface area contributed by atoms with Gasteiger partial charge in [0.1, 0.15) is 17.1 Å². The van der Waals surface area contributed by atoms with Gasteiger partial charge in [-0.15, -0.1) is 0 Å². The lowest BCUT2D eigenvalue weighted by Crippen LogP contribution is -2.70. The number of rotatable bonds is 3. The molecule has 160 valence electrons. The zero-order valence-corrected chi connectivity index (χ0v) is 16.9. The molecular weight excluding hydrogens is 409 g/mol. The average Bonchev–Trinajstić information content (AvgIpc) is 2.74. The molecule has 0 aliphatic heterocycles. The normalized spacial score (nSPS) is 11.7. The van der Waals surface area contributed by atoms with Gasteiger partial charge in [0.05, 0.1) is 18.6 Å². The van der Waals surface area contributed by atoms with Crippen molar-refractivity contribution in [3.63, 3.8) is 0 Å². The summed E-state index contributed by atoms with van der Waals surface area (Å²) in [5, 5.41) is 2.06. The minimum absolute atomic E-state index is 0.806. The minimum atomic E-state index is -6.00. The number of ether oxygens (including phenoxy) is 1. The van der Waals surface area contributed by atoms with Crippen LogP contribution in [0.1, 0.15) is 5.56 Å². The van der Waals surface area contributed by atoms with E-state index >= 15 is 0 Å². The highest BCUT2D eigenvalue weighted by molar-refractivity contribution is 6.50. The van der Waals surface area contributed by atoms with Crippen LogP contribution in [-0.2, 0) is 0 Å². The first-order valence-electron chi connectivity index (χ1n) is 9.44. The Labute approximate surface area is 176 Å². The summed E-state index contributed by atoms with van der Waals surface area (Å²) >= 11 is 0. The number of halogens is 4. The maximum atomic E-state index is 9.75. The lowest BCUT2D eigenvalue weighted by Gasteiger charge is -2.04. The van der Waals surface area contributed by atoms with Gasteiger partial charge in [-0.1, -0.05) is 29.8 Å². The summed E-state index contributed by atoms with van der Waals surface area (Å²) in [6.45, 7) is 2.09. The van der Waals surface area contributed by atoms with Crippen molar-refractivity contribution in [2.75, 3.05) is 7.11 Å². The fourth-order valence-corrected chi connectivity index (χ4v) is 2.93. The molecule has 0 atom stereocenters. The van der Waals surface area contributed by atoms with E-state index in [1.807, 2.05) is 48.5 Å². The molecule has 1 aromatic heterocycles. The van der Waals surface area contributed by atoms with Crippen molar-refractivity contribution in [1.82, 2.24) is 0 Å². The summed E-state index contributed by atoms with van der Waals surface area (Å²) in [6, 6.07) is 26.3. The number of benzene rings is 3. The number of hydrogen-bond donors (Lipinski definition) is 1. The second kappa shape index (κ2) is 9.51. The molecule has 0 aliphatic rings. The van der Waals surface area contributed by atoms with Crippen molar-refractivity contribution in [3.05, 3.63) is 89.8 Å². The maximum Gasteiger partial charge on any atom is 0.673 e. The fourth-order valence-electron chi connectivity index (χ4n) is 2.93. The summed E-state index contributed by atoms with van der Waals surface area (Å²) in [5.74, 6) is 1.63. The average molecular weight is 429 g/mol. The second-order valence-electron chi connectivity index (χ2n) is 6.73. The van der Waals surface area contributed by atoms with Crippen LogP contribution in [0.2, 0.25) is 0 Å². The van der Waals surface area contributed by atoms with E-state index in [0.717, 1.165) is 39.1 Å². The van der Waals surface area contributed by atoms with Crippen molar-refractivity contribution in [3.8, 4) is 17.1 Å². The van der Waals surface area contributed by atoms with E-state index in [1.165, 1.54) is 5.56 Å². The van der Waals surface area contributed by atoms with Gasteiger partial charge in [-0.3, -0.25) is 0 Å². The van der Waals surface area contributed by atoms with E-state index in [2.05, 4.69) is 42.2 Å². The van der Waals surface area contributed by atoms with Crippen molar-refractivity contribution in [2.45, 2.75) is 6.92 Å². The molecule has 0 saturated heterocycles. The molecule has 0 unspecified atom stereocenters. The van der Waals surface area contributed by atoms with Gasteiger partial charge in [0, 0.05) is 17.7 Å². The van der Waals surface area contributed by atoms with E-state index in [1.54, 1.807) is 7.11 Å². The quantitative estimate of drug-likeness (QED) is 0.367. The molecule has 3 aromatic carbocycles. The molecule has 0 bridgehead atoms. The number of fused-ring (bicyclic) bond motifs is 1.